The Morgan fingerprint density at radius 2 is 1.45 bits per heavy atom. The van der Waals surface area contributed by atoms with Crippen molar-refractivity contribution in [1.29, 1.82) is 0 Å². The first-order valence-corrected chi connectivity index (χ1v) is 17.2. The van der Waals surface area contributed by atoms with Gasteiger partial charge in [0.05, 0.1) is 17.7 Å². The lowest BCUT2D eigenvalue weighted by atomic mass is 9.75. The third-order valence-electron chi connectivity index (χ3n) is 9.83. The minimum absolute atomic E-state index is 0.118. The molecule has 0 atom stereocenters. The number of rotatable bonds is 8. The Morgan fingerprint density at radius 3 is 1.98 bits per heavy atom. The largest absolute Gasteiger partial charge is 0.462 e. The lowest BCUT2D eigenvalue weighted by Crippen LogP contribution is -2.45. The number of fused-ring (bicyclic) bond motifs is 2. The second kappa shape index (κ2) is 11.8. The maximum absolute atomic E-state index is 13.5. The number of carbonyl (C=O) groups is 1. The van der Waals surface area contributed by atoms with Crippen molar-refractivity contribution in [3.63, 3.8) is 0 Å². The van der Waals surface area contributed by atoms with E-state index in [1.54, 1.807) is 17.4 Å². The molecule has 2 aliphatic rings. The molecule has 0 radical (unpaired) electrons. The third-order valence-corrected chi connectivity index (χ3v) is 11.0. The number of hydrogen-bond donors (Lipinski definition) is 0. The van der Waals surface area contributed by atoms with Gasteiger partial charge in [0.1, 0.15) is 5.56 Å². The number of benzene rings is 3. The van der Waals surface area contributed by atoms with E-state index in [9.17, 15) is 9.59 Å². The topological polar surface area (TPSA) is 51.0 Å². The van der Waals surface area contributed by atoms with Crippen molar-refractivity contribution in [2.24, 2.45) is 0 Å². The van der Waals surface area contributed by atoms with E-state index in [1.165, 1.54) is 32.0 Å². The molecule has 0 unspecified atom stereocenters. The molecule has 0 bridgehead atoms. The number of thiophene rings is 1. The molecule has 6 aromatic rings. The summed E-state index contributed by atoms with van der Waals surface area (Å²) in [6.07, 6.45) is 3.97. The SMILES string of the molecule is CCOC(=O)c1cc(C2CC2)c2c(C)c(-c3cc4c(s3)CN(C(c3ccccc3)(c3ccccc3)c3ccccc3)C4)ccn2c1=O. The van der Waals surface area contributed by atoms with E-state index < -0.39 is 11.5 Å². The minimum Gasteiger partial charge on any atom is -0.462 e. The van der Waals surface area contributed by atoms with Gasteiger partial charge in [-0.2, -0.15) is 0 Å². The summed E-state index contributed by atoms with van der Waals surface area (Å²) in [5.74, 6) is -0.191. The van der Waals surface area contributed by atoms with Crippen LogP contribution in [0.15, 0.2) is 120 Å². The predicted molar refractivity (Wildman–Crippen MR) is 188 cm³/mol. The highest BCUT2D eigenvalue weighted by Crippen LogP contribution is 2.49. The monoisotopic (exact) mass is 636 g/mol. The van der Waals surface area contributed by atoms with E-state index in [-0.39, 0.29) is 17.7 Å². The minimum atomic E-state index is -0.549. The normalized spacial score (nSPS) is 14.8. The number of hydrogen-bond acceptors (Lipinski definition) is 5. The highest BCUT2D eigenvalue weighted by Gasteiger charge is 2.45. The maximum atomic E-state index is 13.5. The molecule has 6 heteroatoms. The molecule has 47 heavy (non-hydrogen) atoms. The number of aromatic nitrogens is 1. The van der Waals surface area contributed by atoms with E-state index in [0.717, 1.165) is 48.1 Å². The summed E-state index contributed by atoms with van der Waals surface area (Å²) in [7, 11) is 0. The van der Waals surface area contributed by atoms with Crippen LogP contribution in [0.4, 0.5) is 0 Å². The summed E-state index contributed by atoms with van der Waals surface area (Å²) < 4.78 is 6.90. The van der Waals surface area contributed by atoms with Gasteiger partial charge in [-0.15, -0.1) is 11.3 Å². The van der Waals surface area contributed by atoms with Crippen molar-refractivity contribution in [3.8, 4) is 10.4 Å². The van der Waals surface area contributed by atoms with Crippen LogP contribution < -0.4 is 5.56 Å². The molecule has 0 spiro atoms. The summed E-state index contributed by atoms with van der Waals surface area (Å²) in [6.45, 7) is 5.74. The van der Waals surface area contributed by atoms with Crippen molar-refractivity contribution >= 4 is 22.8 Å². The molecule has 5 nitrogen and oxygen atoms in total. The average molecular weight is 637 g/mol. The molecule has 0 amide bonds. The molecule has 8 rings (SSSR count). The van der Waals surface area contributed by atoms with Gasteiger partial charge in [-0.1, -0.05) is 91.0 Å². The van der Waals surface area contributed by atoms with Crippen LogP contribution in [0.2, 0.25) is 0 Å². The van der Waals surface area contributed by atoms with Gasteiger partial charge in [0.2, 0.25) is 0 Å². The van der Waals surface area contributed by atoms with Crippen LogP contribution in [-0.4, -0.2) is 21.9 Å². The van der Waals surface area contributed by atoms with E-state index in [1.807, 2.05) is 23.6 Å². The Bertz CT molecular complexity index is 2050. The van der Waals surface area contributed by atoms with E-state index in [2.05, 4.69) is 109 Å². The fraction of sp³-hybridized carbons (Fsp3) is 0.220. The van der Waals surface area contributed by atoms with Gasteiger partial charge < -0.3 is 4.74 Å². The van der Waals surface area contributed by atoms with E-state index >= 15 is 0 Å². The molecule has 1 saturated carbocycles. The zero-order chi connectivity index (χ0) is 32.1. The standard InChI is InChI=1S/C41H36N2O3S/c1-3-46-40(45)35-24-34(28-19-20-28)38-27(2)33(21-22-43(38)39(35)44)36-23-29-25-42(26-37(29)47-36)41(30-13-7-4-8-14-30,31-15-9-5-10-16-31)32-17-11-6-12-18-32/h4-18,21-24,28H,3,19-20,25-26H2,1-2H3. The summed E-state index contributed by atoms with van der Waals surface area (Å²) >= 11 is 1.85. The molecular weight excluding hydrogens is 601 g/mol. The van der Waals surface area contributed by atoms with Crippen LogP contribution in [-0.2, 0) is 23.4 Å². The second-order valence-corrected chi connectivity index (χ2v) is 13.7. The zero-order valence-corrected chi connectivity index (χ0v) is 27.4. The molecule has 0 saturated heterocycles. The fourth-order valence-electron chi connectivity index (χ4n) is 7.55. The molecule has 4 heterocycles. The Morgan fingerprint density at radius 1 is 0.851 bits per heavy atom. The molecule has 3 aromatic carbocycles. The van der Waals surface area contributed by atoms with Gasteiger partial charge in [0, 0.05) is 29.0 Å². The number of nitrogens with zero attached hydrogens (tertiary/aromatic N) is 2. The van der Waals surface area contributed by atoms with Gasteiger partial charge in [-0.25, -0.2) is 4.79 Å². The molecule has 1 aliphatic heterocycles. The number of pyridine rings is 2. The van der Waals surface area contributed by atoms with Crippen molar-refractivity contribution in [3.05, 3.63) is 170 Å². The summed E-state index contributed by atoms with van der Waals surface area (Å²) in [5.41, 5.74) is 8.64. The van der Waals surface area contributed by atoms with Crippen LogP contribution >= 0.6 is 11.3 Å². The van der Waals surface area contributed by atoms with Gasteiger partial charge in [0.25, 0.3) is 5.56 Å². The smallest absolute Gasteiger partial charge is 0.343 e. The van der Waals surface area contributed by atoms with Crippen LogP contribution in [0.3, 0.4) is 0 Å². The number of ether oxygens (including phenoxy) is 1. The van der Waals surface area contributed by atoms with E-state index in [4.69, 9.17) is 4.74 Å². The number of carbonyl (C=O) groups excluding carboxylic acids is 1. The molecule has 3 aromatic heterocycles. The van der Waals surface area contributed by atoms with Crippen molar-refractivity contribution in [1.82, 2.24) is 9.30 Å². The van der Waals surface area contributed by atoms with Crippen LogP contribution in [0.1, 0.15) is 74.3 Å². The Labute approximate surface area is 278 Å². The Kier molecular flexibility index (Phi) is 7.42. The molecule has 234 valence electrons. The van der Waals surface area contributed by atoms with Crippen LogP contribution in [0, 0.1) is 6.92 Å². The summed E-state index contributed by atoms with van der Waals surface area (Å²) in [4.78, 5) is 31.4. The molecule has 1 fully saturated rings. The van der Waals surface area contributed by atoms with Crippen LogP contribution in [0.5, 0.6) is 0 Å². The predicted octanol–water partition coefficient (Wildman–Crippen LogP) is 8.70. The van der Waals surface area contributed by atoms with Crippen LogP contribution in [0.25, 0.3) is 16.0 Å². The first kappa shape index (κ1) is 29.6. The zero-order valence-electron chi connectivity index (χ0n) is 26.6. The lowest BCUT2D eigenvalue weighted by Gasteiger charge is -2.43. The van der Waals surface area contributed by atoms with Gasteiger partial charge >= 0.3 is 5.97 Å². The van der Waals surface area contributed by atoms with Gasteiger partial charge in [-0.05, 0) is 89.8 Å². The lowest BCUT2D eigenvalue weighted by molar-refractivity contribution is 0.0524. The van der Waals surface area contributed by atoms with Gasteiger partial charge in [0.15, 0.2) is 0 Å². The molecular formula is C41H36N2O3S. The molecule has 1 aliphatic carbocycles. The van der Waals surface area contributed by atoms with Crippen molar-refractivity contribution < 1.29 is 9.53 Å². The second-order valence-electron chi connectivity index (χ2n) is 12.6. The highest BCUT2D eigenvalue weighted by atomic mass is 32.1. The summed E-state index contributed by atoms with van der Waals surface area (Å²) in [6, 6.07) is 38.8. The number of esters is 1. The van der Waals surface area contributed by atoms with E-state index in [0.29, 0.717) is 5.92 Å². The number of aryl methyl sites for hydroxylation is 1. The maximum Gasteiger partial charge on any atom is 0.343 e. The van der Waals surface area contributed by atoms with Crippen molar-refractivity contribution in [2.45, 2.75) is 51.2 Å². The quantitative estimate of drug-likeness (QED) is 0.124. The van der Waals surface area contributed by atoms with Crippen molar-refractivity contribution in [2.75, 3.05) is 6.61 Å². The first-order valence-electron chi connectivity index (χ1n) is 16.4. The Balaban J connectivity index is 1.22. The Hall–Kier alpha value is -4.78. The van der Waals surface area contributed by atoms with Gasteiger partial charge in [-0.3, -0.25) is 14.1 Å². The molecule has 0 N–H and O–H groups in total. The fourth-order valence-corrected chi connectivity index (χ4v) is 8.82. The first-order chi connectivity index (χ1) is 23.0. The summed E-state index contributed by atoms with van der Waals surface area (Å²) in [5, 5.41) is 0. The average Bonchev–Trinajstić information content (AvgIpc) is 3.76. The third kappa shape index (κ3) is 4.86. The highest BCUT2D eigenvalue weighted by molar-refractivity contribution is 7.15.